The lowest BCUT2D eigenvalue weighted by Crippen LogP contribution is -2.42. The molecule has 1 atom stereocenters. The summed E-state index contributed by atoms with van der Waals surface area (Å²) in [4.78, 5) is 18.3. The summed E-state index contributed by atoms with van der Waals surface area (Å²) < 4.78 is 4.64. The van der Waals surface area contributed by atoms with Crippen LogP contribution >= 0.6 is 0 Å². The number of hydrogen-bond acceptors (Lipinski definition) is 4. The normalized spacial score (nSPS) is 20.8. The third kappa shape index (κ3) is 1.42. The maximum absolute atomic E-state index is 11.2. The summed E-state index contributed by atoms with van der Waals surface area (Å²) in [5.74, 6) is -0.228. The number of aromatic nitrogens is 2. The molecule has 2 rings (SSSR count). The molecule has 2 N–H and O–H groups in total. The number of aromatic amines is 1. The standard InChI is InChI=1S/C8H11N3O2/c1-13-8(12)6-2-5-7(3-9-6)11-4-10-5/h4,6,9H,2-3H2,1H3,(H,10,11)/t6-/m1/s1. The lowest BCUT2D eigenvalue weighted by molar-refractivity contribution is -0.143. The van der Waals surface area contributed by atoms with Crippen molar-refractivity contribution in [3.05, 3.63) is 17.7 Å². The van der Waals surface area contributed by atoms with Gasteiger partial charge in [-0.15, -0.1) is 0 Å². The number of carbonyl (C=O) groups excluding carboxylic acids is 1. The molecule has 1 aromatic rings. The maximum atomic E-state index is 11.2. The van der Waals surface area contributed by atoms with E-state index in [9.17, 15) is 4.79 Å². The third-order valence-corrected chi connectivity index (χ3v) is 2.22. The quantitative estimate of drug-likeness (QED) is 0.578. The highest BCUT2D eigenvalue weighted by Crippen LogP contribution is 2.12. The Morgan fingerprint density at radius 1 is 1.77 bits per heavy atom. The van der Waals surface area contributed by atoms with Crippen LogP contribution in [0.2, 0.25) is 0 Å². The van der Waals surface area contributed by atoms with Crippen molar-refractivity contribution in [2.75, 3.05) is 7.11 Å². The van der Waals surface area contributed by atoms with Crippen LogP contribution in [0.3, 0.4) is 0 Å². The van der Waals surface area contributed by atoms with Gasteiger partial charge in [-0.2, -0.15) is 0 Å². The van der Waals surface area contributed by atoms with Gasteiger partial charge in [-0.3, -0.25) is 10.1 Å². The molecule has 0 unspecified atom stereocenters. The van der Waals surface area contributed by atoms with Gasteiger partial charge in [0.05, 0.1) is 24.8 Å². The Bertz CT molecular complexity index is 321. The molecule has 0 aromatic carbocycles. The van der Waals surface area contributed by atoms with E-state index in [4.69, 9.17) is 0 Å². The molecule has 70 valence electrons. The Morgan fingerprint density at radius 2 is 2.62 bits per heavy atom. The summed E-state index contributed by atoms with van der Waals surface area (Å²) in [6.07, 6.45) is 2.25. The topological polar surface area (TPSA) is 67.0 Å². The van der Waals surface area contributed by atoms with Gasteiger partial charge in [0, 0.05) is 13.0 Å². The van der Waals surface area contributed by atoms with Crippen LogP contribution in [0.25, 0.3) is 0 Å². The van der Waals surface area contributed by atoms with Gasteiger partial charge in [0.25, 0.3) is 0 Å². The first-order valence-corrected chi connectivity index (χ1v) is 4.13. The van der Waals surface area contributed by atoms with Crippen LogP contribution < -0.4 is 5.32 Å². The fraction of sp³-hybridized carbons (Fsp3) is 0.500. The minimum atomic E-state index is -0.249. The number of carbonyl (C=O) groups is 1. The average Bonchev–Trinajstić information content (AvgIpc) is 2.63. The van der Waals surface area contributed by atoms with Crippen molar-refractivity contribution in [2.45, 2.75) is 19.0 Å². The first kappa shape index (κ1) is 8.25. The molecular formula is C8H11N3O2. The van der Waals surface area contributed by atoms with Crippen molar-refractivity contribution >= 4 is 5.97 Å². The Labute approximate surface area is 75.5 Å². The van der Waals surface area contributed by atoms with E-state index < -0.39 is 0 Å². The highest BCUT2D eigenvalue weighted by molar-refractivity contribution is 5.76. The van der Waals surface area contributed by atoms with Gasteiger partial charge in [-0.1, -0.05) is 0 Å². The molecule has 0 saturated carbocycles. The Morgan fingerprint density at radius 3 is 3.38 bits per heavy atom. The molecule has 0 amide bonds. The molecule has 2 heterocycles. The number of methoxy groups -OCH3 is 1. The van der Waals surface area contributed by atoms with Crippen molar-refractivity contribution < 1.29 is 9.53 Å². The van der Waals surface area contributed by atoms with E-state index in [1.807, 2.05) is 0 Å². The number of nitrogens with zero attached hydrogens (tertiary/aromatic N) is 1. The molecule has 5 nitrogen and oxygen atoms in total. The Kier molecular flexibility index (Phi) is 2.02. The second-order valence-corrected chi connectivity index (χ2v) is 2.99. The highest BCUT2D eigenvalue weighted by Gasteiger charge is 2.25. The van der Waals surface area contributed by atoms with Gasteiger partial charge < -0.3 is 9.72 Å². The summed E-state index contributed by atoms with van der Waals surface area (Å²) >= 11 is 0. The van der Waals surface area contributed by atoms with Crippen LogP contribution in [0.1, 0.15) is 11.4 Å². The zero-order valence-electron chi connectivity index (χ0n) is 7.33. The van der Waals surface area contributed by atoms with Gasteiger partial charge in [-0.25, -0.2) is 4.98 Å². The number of H-pyrrole nitrogens is 1. The zero-order valence-corrected chi connectivity index (χ0v) is 7.33. The van der Waals surface area contributed by atoms with Crippen molar-refractivity contribution in [1.82, 2.24) is 15.3 Å². The second kappa shape index (κ2) is 3.18. The van der Waals surface area contributed by atoms with E-state index in [-0.39, 0.29) is 12.0 Å². The maximum Gasteiger partial charge on any atom is 0.323 e. The third-order valence-electron chi connectivity index (χ3n) is 2.22. The largest absolute Gasteiger partial charge is 0.468 e. The predicted octanol–water partition coefficient (Wildman–Crippen LogP) is -0.403. The zero-order chi connectivity index (χ0) is 9.26. The van der Waals surface area contributed by atoms with E-state index in [0.717, 1.165) is 11.4 Å². The highest BCUT2D eigenvalue weighted by atomic mass is 16.5. The molecule has 1 aromatic heterocycles. The molecule has 0 aliphatic carbocycles. The average molecular weight is 181 g/mol. The van der Waals surface area contributed by atoms with E-state index in [0.29, 0.717) is 13.0 Å². The minimum absolute atomic E-state index is 0.228. The second-order valence-electron chi connectivity index (χ2n) is 2.99. The number of fused-ring (bicyclic) bond motifs is 1. The monoisotopic (exact) mass is 181 g/mol. The van der Waals surface area contributed by atoms with Crippen molar-refractivity contribution in [3.63, 3.8) is 0 Å². The van der Waals surface area contributed by atoms with Crippen LogP contribution in [-0.2, 0) is 22.5 Å². The van der Waals surface area contributed by atoms with Crippen molar-refractivity contribution in [1.29, 1.82) is 0 Å². The van der Waals surface area contributed by atoms with E-state index in [1.54, 1.807) is 6.33 Å². The molecule has 1 aliphatic rings. The van der Waals surface area contributed by atoms with Gasteiger partial charge >= 0.3 is 5.97 Å². The summed E-state index contributed by atoms with van der Waals surface area (Å²) in [5.41, 5.74) is 2.01. The van der Waals surface area contributed by atoms with Gasteiger partial charge in [0.15, 0.2) is 0 Å². The molecule has 0 radical (unpaired) electrons. The van der Waals surface area contributed by atoms with Crippen LogP contribution in [0.15, 0.2) is 6.33 Å². The number of nitrogens with one attached hydrogen (secondary N) is 2. The van der Waals surface area contributed by atoms with Gasteiger partial charge in [-0.05, 0) is 0 Å². The predicted molar refractivity (Wildman–Crippen MR) is 44.9 cm³/mol. The van der Waals surface area contributed by atoms with E-state index >= 15 is 0 Å². The number of ether oxygens (including phenoxy) is 1. The molecule has 5 heteroatoms. The van der Waals surface area contributed by atoms with Gasteiger partial charge in [0.1, 0.15) is 6.04 Å². The molecule has 1 aliphatic heterocycles. The summed E-state index contributed by atoms with van der Waals surface area (Å²) in [6.45, 7) is 0.648. The first-order valence-electron chi connectivity index (χ1n) is 4.13. The smallest absolute Gasteiger partial charge is 0.323 e. The lowest BCUT2D eigenvalue weighted by Gasteiger charge is -2.20. The van der Waals surface area contributed by atoms with Gasteiger partial charge in [0.2, 0.25) is 0 Å². The number of imidazole rings is 1. The van der Waals surface area contributed by atoms with Crippen LogP contribution in [0.5, 0.6) is 0 Å². The van der Waals surface area contributed by atoms with Crippen molar-refractivity contribution in [3.8, 4) is 0 Å². The number of esters is 1. The van der Waals surface area contributed by atoms with Crippen LogP contribution in [-0.4, -0.2) is 29.1 Å². The van der Waals surface area contributed by atoms with Crippen molar-refractivity contribution in [2.24, 2.45) is 0 Å². The molecule has 0 saturated heterocycles. The summed E-state index contributed by atoms with van der Waals surface area (Å²) in [7, 11) is 1.39. The van der Waals surface area contributed by atoms with Crippen LogP contribution in [0, 0.1) is 0 Å². The summed E-state index contributed by atoms with van der Waals surface area (Å²) in [5, 5.41) is 3.07. The molecule has 0 spiro atoms. The number of rotatable bonds is 1. The van der Waals surface area contributed by atoms with E-state index in [1.165, 1.54) is 7.11 Å². The fourth-order valence-corrected chi connectivity index (χ4v) is 1.48. The van der Waals surface area contributed by atoms with E-state index in [2.05, 4.69) is 20.0 Å². The number of hydrogen-bond donors (Lipinski definition) is 2. The molecule has 13 heavy (non-hydrogen) atoms. The minimum Gasteiger partial charge on any atom is -0.468 e. The molecule has 0 bridgehead atoms. The Hall–Kier alpha value is -1.36. The fourth-order valence-electron chi connectivity index (χ4n) is 1.48. The first-order chi connectivity index (χ1) is 6.31. The summed E-state index contributed by atoms with van der Waals surface area (Å²) in [6, 6.07) is -0.249. The lowest BCUT2D eigenvalue weighted by atomic mass is 10.1. The molecule has 0 fully saturated rings. The SMILES string of the molecule is COC(=O)[C@H]1Cc2nc[nH]c2CN1. The Balaban J connectivity index is 2.13. The molecular weight excluding hydrogens is 170 g/mol. The van der Waals surface area contributed by atoms with Crippen LogP contribution in [0.4, 0.5) is 0 Å².